The summed E-state index contributed by atoms with van der Waals surface area (Å²) >= 11 is -0.463. The molecule has 0 heterocycles. The van der Waals surface area contributed by atoms with E-state index in [-0.39, 0.29) is 53.4 Å². The molecule has 1 aliphatic rings. The number of hydrogen-bond acceptors (Lipinski definition) is 1. The van der Waals surface area contributed by atoms with E-state index in [0.29, 0.717) is 0 Å². The zero-order valence-electron chi connectivity index (χ0n) is 11.5. The topological polar surface area (TPSA) is 9.23 Å². The van der Waals surface area contributed by atoms with Crippen molar-refractivity contribution in [3.63, 3.8) is 0 Å². The third-order valence-electron chi connectivity index (χ3n) is 2.76. The molecule has 0 spiro atoms. The zero-order chi connectivity index (χ0) is 12.3. The number of para-hydroxylation sites is 1. The third-order valence-corrected chi connectivity index (χ3v) is 4.25. The minimum Gasteiger partial charge on any atom is -0.107 e. The van der Waals surface area contributed by atoms with Gasteiger partial charge in [-0.2, -0.15) is 0 Å². The van der Waals surface area contributed by atoms with Crippen molar-refractivity contribution in [3.8, 4) is 5.75 Å². The minimum absolute atomic E-state index is 0. The maximum Gasteiger partial charge on any atom is -0.107 e. The molecule has 0 fully saturated rings. The molecule has 0 saturated carbocycles. The largest absolute Gasteiger partial charge is 0.107 e. The first kappa shape index (κ1) is 19.7. The van der Waals surface area contributed by atoms with Crippen molar-refractivity contribution in [2.75, 3.05) is 0 Å². The van der Waals surface area contributed by atoms with E-state index in [1.165, 1.54) is 9.44 Å². The van der Waals surface area contributed by atoms with Gasteiger partial charge in [0.15, 0.2) is 0 Å². The molecule has 1 aromatic carbocycles. The molecule has 0 radical (unpaired) electrons. The van der Waals surface area contributed by atoms with Gasteiger partial charge in [0.1, 0.15) is 0 Å². The number of benzene rings is 1. The average Bonchev–Trinajstić information content (AvgIpc) is 2.78. The van der Waals surface area contributed by atoms with Gasteiger partial charge in [-0.25, -0.2) is 0 Å². The second-order valence-electron chi connectivity index (χ2n) is 5.27. The van der Waals surface area contributed by atoms with Gasteiger partial charge in [-0.05, 0) is 0 Å². The van der Waals surface area contributed by atoms with Crippen LogP contribution < -0.4 is 3.32 Å². The van der Waals surface area contributed by atoms with Crippen molar-refractivity contribution in [3.05, 3.63) is 51.9 Å². The molecule has 0 atom stereocenters. The zero-order valence-corrected chi connectivity index (χ0v) is 17.7. The van der Waals surface area contributed by atoms with Gasteiger partial charge in [-0.3, -0.25) is 0 Å². The minimum atomic E-state index is -0.463. The summed E-state index contributed by atoms with van der Waals surface area (Å²) in [5.41, 5.74) is 1.45. The summed E-state index contributed by atoms with van der Waals surface area (Å²) in [7, 11) is 0. The summed E-state index contributed by atoms with van der Waals surface area (Å²) < 4.78 is 7.53. The molecular formula is C15H20I2OTi. The van der Waals surface area contributed by atoms with Crippen molar-refractivity contribution in [1.82, 2.24) is 0 Å². The molecule has 0 N–H and O–H groups in total. The van der Waals surface area contributed by atoms with E-state index in [2.05, 4.69) is 63.3 Å². The number of allylic oxidation sites excluding steroid dienone is 4. The van der Waals surface area contributed by atoms with Crippen LogP contribution in [-0.2, 0) is 25.0 Å². The van der Waals surface area contributed by atoms with Crippen LogP contribution in [0.5, 0.6) is 5.75 Å². The first-order chi connectivity index (χ1) is 8.07. The van der Waals surface area contributed by atoms with E-state index in [0.717, 1.165) is 12.2 Å². The van der Waals surface area contributed by atoms with Gasteiger partial charge >= 0.3 is 113 Å². The van der Waals surface area contributed by atoms with Gasteiger partial charge in [-0.1, -0.05) is 0 Å². The van der Waals surface area contributed by atoms with Crippen molar-refractivity contribution in [2.45, 2.75) is 32.6 Å². The molecule has 0 aromatic heterocycles. The summed E-state index contributed by atoms with van der Waals surface area (Å²) in [4.78, 5) is 0. The Labute approximate surface area is 159 Å². The van der Waals surface area contributed by atoms with Gasteiger partial charge in [0.2, 0.25) is 0 Å². The third kappa shape index (κ3) is 5.90. The number of hydrogen-bond donors (Lipinski definition) is 0. The Morgan fingerprint density at radius 3 is 2.37 bits per heavy atom. The van der Waals surface area contributed by atoms with Crippen LogP contribution in [0, 0.1) is 0 Å². The Morgan fingerprint density at radius 2 is 1.79 bits per heavy atom. The second kappa shape index (κ2) is 8.85. The summed E-state index contributed by atoms with van der Waals surface area (Å²) in [5, 5.41) is 0. The van der Waals surface area contributed by atoms with E-state index < -0.39 is 19.5 Å². The van der Waals surface area contributed by atoms with Crippen LogP contribution in [0.3, 0.4) is 0 Å². The summed E-state index contributed by atoms with van der Waals surface area (Å²) in [5.74, 6) is 1.06. The Kier molecular flexibility index (Phi) is 9.16. The van der Waals surface area contributed by atoms with Crippen LogP contribution in [0.1, 0.15) is 32.8 Å². The van der Waals surface area contributed by atoms with Crippen LogP contribution in [0.15, 0.2) is 46.4 Å². The first-order valence-electron chi connectivity index (χ1n) is 5.95. The van der Waals surface area contributed by atoms with Crippen LogP contribution in [-0.4, -0.2) is 0 Å². The van der Waals surface area contributed by atoms with Gasteiger partial charge in [0.25, 0.3) is 0 Å². The molecule has 0 bridgehead atoms. The van der Waals surface area contributed by atoms with Gasteiger partial charge in [0.05, 0.1) is 0 Å². The molecule has 0 unspecified atom stereocenters. The molecule has 104 valence electrons. The van der Waals surface area contributed by atoms with Crippen molar-refractivity contribution >= 4 is 48.0 Å². The number of halogens is 2. The summed E-state index contributed by atoms with van der Waals surface area (Å²) in [6.07, 6.45) is 7.59. The van der Waals surface area contributed by atoms with E-state index in [9.17, 15) is 0 Å². The molecule has 19 heavy (non-hydrogen) atoms. The fourth-order valence-electron chi connectivity index (χ4n) is 1.82. The van der Waals surface area contributed by atoms with Gasteiger partial charge in [-0.15, -0.1) is 48.0 Å². The van der Waals surface area contributed by atoms with Crippen LogP contribution in [0.25, 0.3) is 0 Å². The van der Waals surface area contributed by atoms with Crippen LogP contribution in [0.4, 0.5) is 0 Å². The van der Waals surface area contributed by atoms with Crippen LogP contribution >= 0.6 is 48.0 Å². The molecule has 1 nitrogen and oxygen atoms in total. The van der Waals surface area contributed by atoms with Gasteiger partial charge < -0.3 is 0 Å². The van der Waals surface area contributed by atoms with Crippen molar-refractivity contribution < 1.29 is 22.9 Å². The summed E-state index contributed by atoms with van der Waals surface area (Å²) in [6.45, 7) is 6.68. The molecule has 1 aromatic rings. The average molecular weight is 518 g/mol. The standard InChI is InChI=1S/C10H14O.C5H5.2HI.Ti/c1-10(2,3)8-6-4-5-7-9(8)11;1-2-4-5-3-1;;;/h4-7,11H,1-3H3;1-3H,4H2;2*1H;/q;;;;+1/p-1. The smallest absolute Gasteiger partial charge is 0.107 e. The predicted molar refractivity (Wildman–Crippen MR) is 98.4 cm³/mol. The maximum absolute atomic E-state index is 6.06. The van der Waals surface area contributed by atoms with Gasteiger partial charge in [0, 0.05) is 0 Å². The fraction of sp³-hybridized carbons (Fsp3) is 0.333. The fourth-order valence-corrected chi connectivity index (χ4v) is 3.04. The molecular weight excluding hydrogens is 498 g/mol. The molecule has 4 heteroatoms. The molecule has 2 rings (SSSR count). The summed E-state index contributed by atoms with van der Waals surface area (Å²) in [6, 6.07) is 8.40. The van der Waals surface area contributed by atoms with E-state index in [1.54, 1.807) is 0 Å². The van der Waals surface area contributed by atoms with E-state index in [1.807, 2.05) is 0 Å². The Hall–Kier alpha value is 0.674. The Morgan fingerprint density at radius 1 is 1.11 bits per heavy atom. The van der Waals surface area contributed by atoms with E-state index in [4.69, 9.17) is 3.32 Å². The molecule has 0 amide bonds. The van der Waals surface area contributed by atoms with Crippen LogP contribution in [0.2, 0.25) is 0 Å². The Bertz CT molecular complexity index is 461. The second-order valence-corrected chi connectivity index (χ2v) is 6.91. The quantitative estimate of drug-likeness (QED) is 0.383. The first-order valence-corrected chi connectivity index (χ1v) is 7.37. The molecule has 0 aliphatic heterocycles. The monoisotopic (exact) mass is 518 g/mol. The maximum atomic E-state index is 6.06. The van der Waals surface area contributed by atoms with Crippen molar-refractivity contribution in [1.29, 1.82) is 0 Å². The van der Waals surface area contributed by atoms with E-state index >= 15 is 0 Å². The predicted octanol–water partition coefficient (Wildman–Crippen LogP) is 5.44. The molecule has 0 saturated heterocycles. The molecule has 1 aliphatic carbocycles. The number of rotatable bonds is 3. The normalized spacial score (nSPS) is 13.1. The Balaban J connectivity index is 0.00000162. The SMILES string of the molecule is CC(C)(C)c1ccccc1[O][Ti][C]1=CC=CC1.I.I. The van der Waals surface area contributed by atoms with Crippen molar-refractivity contribution in [2.24, 2.45) is 0 Å².